The maximum absolute atomic E-state index is 2.40. The van der Waals surface area contributed by atoms with Crippen LogP contribution in [0.5, 0.6) is 0 Å². The molecule has 0 bridgehead atoms. The van der Waals surface area contributed by atoms with Crippen LogP contribution in [0.3, 0.4) is 0 Å². The summed E-state index contributed by atoms with van der Waals surface area (Å²) in [6, 6.07) is 7.01. The number of benzene rings is 1. The molecule has 0 nitrogen and oxygen atoms in total. The predicted molar refractivity (Wildman–Crippen MR) is 66.5 cm³/mol. The highest BCUT2D eigenvalue weighted by atomic mass is 14.3. The zero-order chi connectivity index (χ0) is 11.1. The maximum atomic E-state index is 2.40. The van der Waals surface area contributed by atoms with Gasteiger partial charge < -0.3 is 0 Å². The molecule has 0 aromatic heterocycles. The van der Waals surface area contributed by atoms with Gasteiger partial charge in [-0.3, -0.25) is 0 Å². The van der Waals surface area contributed by atoms with Crippen molar-refractivity contribution >= 4 is 0 Å². The van der Waals surface area contributed by atoms with Gasteiger partial charge in [0, 0.05) is 0 Å². The molecule has 0 saturated heterocycles. The topological polar surface area (TPSA) is 0 Å². The summed E-state index contributed by atoms with van der Waals surface area (Å²) in [5.41, 5.74) is 4.94. The molecular weight excluding hydrogens is 180 g/mol. The Hall–Kier alpha value is -0.780. The molecule has 0 spiro atoms. The van der Waals surface area contributed by atoms with Crippen LogP contribution in [0, 0.1) is 6.92 Å². The van der Waals surface area contributed by atoms with Crippen molar-refractivity contribution in [1.82, 2.24) is 0 Å². The van der Waals surface area contributed by atoms with E-state index < -0.39 is 0 Å². The molecule has 0 heteroatoms. The summed E-state index contributed by atoms with van der Waals surface area (Å²) in [7, 11) is 0. The molecule has 1 atom stereocenters. The van der Waals surface area contributed by atoms with E-state index in [1.54, 1.807) is 11.1 Å². The lowest BCUT2D eigenvalue weighted by Gasteiger charge is -2.26. The third-order valence-electron chi connectivity index (χ3n) is 3.91. The highest BCUT2D eigenvalue weighted by molar-refractivity contribution is 5.39. The van der Waals surface area contributed by atoms with Gasteiger partial charge in [0.25, 0.3) is 0 Å². The van der Waals surface area contributed by atoms with Crippen LogP contribution in [0.2, 0.25) is 0 Å². The van der Waals surface area contributed by atoms with Crippen LogP contribution in [-0.2, 0) is 5.41 Å². The lowest BCUT2D eigenvalue weighted by Crippen LogP contribution is -2.17. The third-order valence-corrected chi connectivity index (χ3v) is 3.91. The Kier molecular flexibility index (Phi) is 2.62. The molecule has 1 aromatic carbocycles. The third kappa shape index (κ3) is 1.95. The summed E-state index contributed by atoms with van der Waals surface area (Å²) in [5.74, 6) is 0.738. The van der Waals surface area contributed by atoms with Crippen LogP contribution in [0.1, 0.15) is 62.6 Å². The highest BCUT2D eigenvalue weighted by Crippen LogP contribution is 2.40. The van der Waals surface area contributed by atoms with Crippen molar-refractivity contribution < 1.29 is 0 Å². The molecule has 0 N–H and O–H groups in total. The molecule has 0 unspecified atom stereocenters. The van der Waals surface area contributed by atoms with Crippen molar-refractivity contribution in [3.8, 4) is 0 Å². The molecule has 82 valence electrons. The Morgan fingerprint density at radius 2 is 2.00 bits per heavy atom. The normalized spacial score (nSPS) is 24.4. The number of rotatable bonds is 0. The zero-order valence-corrected chi connectivity index (χ0v) is 10.4. The van der Waals surface area contributed by atoms with Crippen molar-refractivity contribution in [2.75, 3.05) is 0 Å². The van der Waals surface area contributed by atoms with E-state index in [-0.39, 0.29) is 0 Å². The number of hydrogen-bond donors (Lipinski definition) is 0. The van der Waals surface area contributed by atoms with Gasteiger partial charge in [0.05, 0.1) is 0 Å². The fourth-order valence-electron chi connectivity index (χ4n) is 2.83. The summed E-state index contributed by atoms with van der Waals surface area (Å²) in [4.78, 5) is 0. The highest BCUT2D eigenvalue weighted by Gasteiger charge is 2.28. The Bertz CT molecular complexity index is 360. The molecule has 15 heavy (non-hydrogen) atoms. The molecule has 1 aliphatic carbocycles. The second-order valence-electron chi connectivity index (χ2n) is 5.77. The van der Waals surface area contributed by atoms with E-state index in [1.165, 1.54) is 24.8 Å². The molecular formula is C15H22. The summed E-state index contributed by atoms with van der Waals surface area (Å²) in [6.45, 7) is 9.36. The molecule has 0 amide bonds. The fourth-order valence-corrected chi connectivity index (χ4v) is 2.83. The fraction of sp³-hybridized carbons (Fsp3) is 0.600. The van der Waals surface area contributed by atoms with Gasteiger partial charge in [-0.25, -0.2) is 0 Å². The van der Waals surface area contributed by atoms with Crippen molar-refractivity contribution in [3.05, 3.63) is 34.9 Å². The maximum Gasteiger partial charge on any atom is -0.0101 e. The van der Waals surface area contributed by atoms with Crippen molar-refractivity contribution in [2.45, 2.75) is 58.3 Å². The Balaban J connectivity index is 2.57. The molecule has 0 radical (unpaired) electrons. The lowest BCUT2D eigenvalue weighted by molar-refractivity contribution is 0.464. The summed E-state index contributed by atoms with van der Waals surface area (Å²) in [5, 5.41) is 0. The van der Waals surface area contributed by atoms with Gasteiger partial charge in [0.1, 0.15) is 0 Å². The van der Waals surface area contributed by atoms with Crippen LogP contribution >= 0.6 is 0 Å². The Morgan fingerprint density at radius 1 is 1.27 bits per heavy atom. The van der Waals surface area contributed by atoms with Gasteiger partial charge in [-0.2, -0.15) is 0 Å². The van der Waals surface area contributed by atoms with Gasteiger partial charge in [0.2, 0.25) is 0 Å². The van der Waals surface area contributed by atoms with Crippen molar-refractivity contribution in [3.63, 3.8) is 0 Å². The lowest BCUT2D eigenvalue weighted by atomic mass is 9.78. The number of fused-ring (bicyclic) bond motifs is 1. The average molecular weight is 202 g/mol. The number of aryl methyl sites for hydroxylation is 1. The first-order valence-electron chi connectivity index (χ1n) is 6.12. The molecule has 0 aliphatic heterocycles. The standard InChI is InChI=1S/C15H22/c1-11-7-8-13-12(2)6-5-9-15(3,4)14(13)10-11/h7-8,10,12H,5-6,9H2,1-4H3/t12-/m1/s1. The van der Waals surface area contributed by atoms with Crippen molar-refractivity contribution in [2.24, 2.45) is 0 Å². The predicted octanol–water partition coefficient (Wildman–Crippen LogP) is 4.56. The number of hydrogen-bond acceptors (Lipinski definition) is 0. The van der Waals surface area contributed by atoms with E-state index in [0.717, 1.165) is 5.92 Å². The van der Waals surface area contributed by atoms with Crippen molar-refractivity contribution in [1.29, 1.82) is 0 Å². The van der Waals surface area contributed by atoms with Crippen LogP contribution in [0.15, 0.2) is 18.2 Å². The van der Waals surface area contributed by atoms with Gasteiger partial charge in [0.15, 0.2) is 0 Å². The Morgan fingerprint density at radius 3 is 2.73 bits per heavy atom. The Labute approximate surface area is 93.7 Å². The molecule has 0 heterocycles. The van der Waals surface area contributed by atoms with E-state index in [2.05, 4.69) is 45.9 Å². The SMILES string of the molecule is Cc1ccc2c(c1)C(C)(C)CCC[C@H]2C. The first-order valence-corrected chi connectivity index (χ1v) is 6.12. The quantitative estimate of drug-likeness (QED) is 0.541. The monoisotopic (exact) mass is 202 g/mol. The molecule has 0 fully saturated rings. The smallest absolute Gasteiger partial charge is 0.0101 e. The first-order chi connectivity index (χ1) is 7.00. The molecule has 0 saturated carbocycles. The molecule has 1 aromatic rings. The van der Waals surface area contributed by atoms with Gasteiger partial charge >= 0.3 is 0 Å². The zero-order valence-electron chi connectivity index (χ0n) is 10.4. The van der Waals surface area contributed by atoms with Crippen LogP contribution < -0.4 is 0 Å². The van der Waals surface area contributed by atoms with Crippen LogP contribution in [0.4, 0.5) is 0 Å². The second kappa shape index (κ2) is 3.66. The van der Waals surface area contributed by atoms with E-state index in [9.17, 15) is 0 Å². The van der Waals surface area contributed by atoms with E-state index in [4.69, 9.17) is 0 Å². The molecule has 1 aliphatic rings. The average Bonchev–Trinajstić information content (AvgIpc) is 2.26. The van der Waals surface area contributed by atoms with E-state index in [0.29, 0.717) is 5.41 Å². The first kappa shape index (κ1) is 10.7. The largest absolute Gasteiger partial charge is 0.0590 e. The second-order valence-corrected chi connectivity index (χ2v) is 5.77. The molecule has 2 rings (SSSR count). The van der Waals surface area contributed by atoms with E-state index in [1.807, 2.05) is 0 Å². The van der Waals surface area contributed by atoms with E-state index >= 15 is 0 Å². The van der Waals surface area contributed by atoms with Gasteiger partial charge in [-0.15, -0.1) is 0 Å². The summed E-state index contributed by atoms with van der Waals surface area (Å²) < 4.78 is 0. The van der Waals surface area contributed by atoms with Gasteiger partial charge in [-0.05, 0) is 42.2 Å². The minimum Gasteiger partial charge on any atom is -0.0590 e. The summed E-state index contributed by atoms with van der Waals surface area (Å²) in [6.07, 6.45) is 4.04. The van der Waals surface area contributed by atoms with Crippen LogP contribution in [0.25, 0.3) is 0 Å². The van der Waals surface area contributed by atoms with Gasteiger partial charge in [-0.1, -0.05) is 51.0 Å². The minimum atomic E-state index is 0.367. The summed E-state index contributed by atoms with van der Waals surface area (Å²) >= 11 is 0. The minimum absolute atomic E-state index is 0.367. The van der Waals surface area contributed by atoms with Crippen LogP contribution in [-0.4, -0.2) is 0 Å².